The van der Waals surface area contributed by atoms with E-state index in [1.54, 1.807) is 24.3 Å². The summed E-state index contributed by atoms with van der Waals surface area (Å²) in [6.07, 6.45) is -0.805. The lowest BCUT2D eigenvalue weighted by molar-refractivity contribution is 0.176. The van der Waals surface area contributed by atoms with E-state index in [1.807, 2.05) is 6.07 Å². The van der Waals surface area contributed by atoms with Crippen LogP contribution in [0.2, 0.25) is 0 Å². The Balaban J connectivity index is 1.74. The summed E-state index contributed by atoms with van der Waals surface area (Å²) in [4.78, 5) is 14.0. The fourth-order valence-electron chi connectivity index (χ4n) is 2.75. The lowest BCUT2D eigenvalue weighted by Crippen LogP contribution is -2.21. The van der Waals surface area contributed by atoms with Crippen LogP contribution in [0.25, 0.3) is 10.9 Å². The van der Waals surface area contributed by atoms with Crippen molar-refractivity contribution in [2.24, 2.45) is 0 Å². The van der Waals surface area contributed by atoms with Gasteiger partial charge in [0.1, 0.15) is 5.75 Å². The van der Waals surface area contributed by atoms with Crippen molar-refractivity contribution >= 4 is 22.3 Å². The van der Waals surface area contributed by atoms with Gasteiger partial charge in [0.15, 0.2) is 0 Å². The first-order chi connectivity index (χ1) is 12.0. The fraction of sp³-hybridized carbons (Fsp3) is 0.167. The smallest absolute Gasteiger partial charge is 0.248 e. The Morgan fingerprint density at radius 2 is 1.88 bits per heavy atom. The van der Waals surface area contributed by atoms with Gasteiger partial charge in [-0.25, -0.2) is 0 Å². The minimum absolute atomic E-state index is 0.0334. The maximum Gasteiger partial charge on any atom is 0.248 e. The first kappa shape index (κ1) is 16.8. The number of nitrogens with one attached hydrogen (secondary N) is 2. The number of anilines is 2. The second-order valence-electron chi connectivity index (χ2n) is 5.90. The van der Waals surface area contributed by atoms with E-state index in [9.17, 15) is 15.0 Å². The first-order valence-corrected chi connectivity index (χ1v) is 7.83. The van der Waals surface area contributed by atoms with Crippen molar-refractivity contribution in [1.82, 2.24) is 10.3 Å². The number of aromatic nitrogens is 1. The van der Waals surface area contributed by atoms with Crippen LogP contribution in [-0.2, 0) is 6.54 Å². The van der Waals surface area contributed by atoms with E-state index >= 15 is 0 Å². The molecular weight excluding hydrogens is 320 g/mol. The molecule has 7 nitrogen and oxygen atoms in total. The molecule has 0 bridgehead atoms. The zero-order valence-electron chi connectivity index (χ0n) is 13.5. The molecule has 3 aromatic rings. The van der Waals surface area contributed by atoms with E-state index in [4.69, 9.17) is 11.5 Å². The summed E-state index contributed by atoms with van der Waals surface area (Å²) in [5.74, 6) is -0.0334. The van der Waals surface area contributed by atoms with E-state index in [-0.39, 0.29) is 11.3 Å². The number of hydrogen-bond donors (Lipinski definition) is 6. The second kappa shape index (κ2) is 6.84. The molecule has 25 heavy (non-hydrogen) atoms. The fourth-order valence-corrected chi connectivity index (χ4v) is 2.75. The molecule has 3 rings (SSSR count). The number of H-pyrrole nitrogens is 1. The molecule has 0 aliphatic carbocycles. The topological polar surface area (TPSA) is 137 Å². The van der Waals surface area contributed by atoms with E-state index in [0.29, 0.717) is 40.9 Å². The van der Waals surface area contributed by atoms with Crippen LogP contribution in [-0.4, -0.2) is 21.7 Å². The summed E-state index contributed by atoms with van der Waals surface area (Å²) in [5.41, 5.74) is 14.1. The molecule has 1 atom stereocenters. The van der Waals surface area contributed by atoms with Crippen LogP contribution in [0.15, 0.2) is 47.3 Å². The summed E-state index contributed by atoms with van der Waals surface area (Å²) in [5, 5.41) is 24.1. The van der Waals surface area contributed by atoms with Gasteiger partial charge in [-0.05, 0) is 35.4 Å². The molecule has 0 saturated carbocycles. The third-order valence-electron chi connectivity index (χ3n) is 4.08. The number of fused-ring (bicyclic) bond motifs is 1. The van der Waals surface area contributed by atoms with Crippen LogP contribution < -0.4 is 22.3 Å². The first-order valence-electron chi connectivity index (χ1n) is 7.83. The molecule has 1 aromatic heterocycles. The zero-order valence-corrected chi connectivity index (χ0v) is 13.5. The average Bonchev–Trinajstić information content (AvgIpc) is 2.58. The van der Waals surface area contributed by atoms with E-state index in [1.165, 1.54) is 12.1 Å². The number of nitrogen functional groups attached to an aromatic ring is 2. The molecule has 1 heterocycles. The second-order valence-corrected chi connectivity index (χ2v) is 5.90. The van der Waals surface area contributed by atoms with Crippen molar-refractivity contribution in [3.05, 3.63) is 63.9 Å². The normalized spacial score (nSPS) is 12.4. The Morgan fingerprint density at radius 1 is 1.08 bits per heavy atom. The minimum atomic E-state index is -0.805. The van der Waals surface area contributed by atoms with Gasteiger partial charge in [0, 0.05) is 24.5 Å². The van der Waals surface area contributed by atoms with Crippen molar-refractivity contribution in [3.8, 4) is 5.75 Å². The van der Waals surface area contributed by atoms with Crippen LogP contribution >= 0.6 is 0 Å². The Hall–Kier alpha value is -3.03. The quantitative estimate of drug-likeness (QED) is 0.386. The number of rotatable bonds is 5. The van der Waals surface area contributed by atoms with E-state index in [2.05, 4.69) is 10.3 Å². The van der Waals surface area contributed by atoms with Crippen molar-refractivity contribution in [1.29, 1.82) is 0 Å². The Kier molecular flexibility index (Phi) is 4.60. The largest absolute Gasteiger partial charge is 0.506 e. The summed E-state index contributed by atoms with van der Waals surface area (Å²) in [6, 6.07) is 11.4. The van der Waals surface area contributed by atoms with Gasteiger partial charge in [-0.3, -0.25) is 4.79 Å². The number of nitrogens with two attached hydrogens (primary N) is 2. The van der Waals surface area contributed by atoms with Crippen molar-refractivity contribution in [2.45, 2.75) is 12.6 Å². The van der Waals surface area contributed by atoms with Crippen LogP contribution in [0.5, 0.6) is 5.75 Å². The molecule has 130 valence electrons. The molecule has 0 spiro atoms. The third kappa shape index (κ3) is 3.57. The van der Waals surface area contributed by atoms with Crippen LogP contribution in [0.4, 0.5) is 11.4 Å². The number of phenolic OH excluding ortho intramolecular Hbond substituents is 1. The van der Waals surface area contributed by atoms with Crippen molar-refractivity contribution in [3.63, 3.8) is 0 Å². The molecule has 8 N–H and O–H groups in total. The zero-order chi connectivity index (χ0) is 18.0. The Bertz CT molecular complexity index is 968. The maximum atomic E-state index is 11.4. The summed E-state index contributed by atoms with van der Waals surface area (Å²) in [7, 11) is 0. The summed E-state index contributed by atoms with van der Waals surface area (Å²) < 4.78 is 0. The molecule has 1 unspecified atom stereocenters. The van der Waals surface area contributed by atoms with Gasteiger partial charge in [-0.2, -0.15) is 0 Å². The maximum absolute atomic E-state index is 11.4. The highest BCUT2D eigenvalue weighted by atomic mass is 16.3. The standard InChI is InChI=1S/C18H20N4O3/c19-13-4-1-10(7-14(13)20)8-21-9-16(24)11-2-5-15(23)18-12(11)3-6-17(25)22-18/h1-7,16,21,23-24H,8-9,19-20H2,(H,22,25). The lowest BCUT2D eigenvalue weighted by atomic mass is 10.0. The molecule has 7 heteroatoms. The lowest BCUT2D eigenvalue weighted by Gasteiger charge is -2.15. The molecule has 2 aromatic carbocycles. The van der Waals surface area contributed by atoms with E-state index < -0.39 is 6.10 Å². The number of pyridine rings is 1. The van der Waals surface area contributed by atoms with Gasteiger partial charge >= 0.3 is 0 Å². The number of aromatic amines is 1. The van der Waals surface area contributed by atoms with E-state index in [0.717, 1.165) is 5.56 Å². The summed E-state index contributed by atoms with van der Waals surface area (Å²) >= 11 is 0. The van der Waals surface area contributed by atoms with Crippen LogP contribution in [0.1, 0.15) is 17.2 Å². The minimum Gasteiger partial charge on any atom is -0.506 e. The van der Waals surface area contributed by atoms with Gasteiger partial charge in [0.25, 0.3) is 0 Å². The Labute approximate surface area is 143 Å². The molecule has 0 saturated heterocycles. The highest BCUT2D eigenvalue weighted by Gasteiger charge is 2.13. The van der Waals surface area contributed by atoms with Gasteiger partial charge in [0.05, 0.1) is 23.0 Å². The molecule has 0 amide bonds. The molecule has 0 radical (unpaired) electrons. The number of phenols is 1. The summed E-state index contributed by atoms with van der Waals surface area (Å²) in [6.45, 7) is 0.817. The van der Waals surface area contributed by atoms with Crippen molar-refractivity contribution < 1.29 is 10.2 Å². The average molecular weight is 340 g/mol. The van der Waals surface area contributed by atoms with Gasteiger partial charge in [-0.15, -0.1) is 0 Å². The monoisotopic (exact) mass is 340 g/mol. The molecular formula is C18H20N4O3. The van der Waals surface area contributed by atoms with Gasteiger partial charge in [0.2, 0.25) is 5.56 Å². The van der Waals surface area contributed by atoms with Gasteiger partial charge in [-0.1, -0.05) is 12.1 Å². The predicted molar refractivity (Wildman–Crippen MR) is 98.2 cm³/mol. The number of aliphatic hydroxyl groups is 1. The Morgan fingerprint density at radius 3 is 2.64 bits per heavy atom. The highest BCUT2D eigenvalue weighted by Crippen LogP contribution is 2.28. The number of hydrogen-bond acceptors (Lipinski definition) is 6. The highest BCUT2D eigenvalue weighted by molar-refractivity contribution is 5.87. The van der Waals surface area contributed by atoms with Gasteiger partial charge < -0.3 is 32.0 Å². The van der Waals surface area contributed by atoms with Crippen LogP contribution in [0, 0.1) is 0 Å². The molecule has 0 aliphatic heterocycles. The number of aromatic hydroxyl groups is 1. The molecule has 0 fully saturated rings. The SMILES string of the molecule is Nc1ccc(CNCC(O)c2ccc(O)c3[nH]c(=O)ccc23)cc1N. The third-order valence-corrected chi connectivity index (χ3v) is 4.08. The number of aliphatic hydroxyl groups excluding tert-OH is 1. The number of benzene rings is 2. The van der Waals surface area contributed by atoms with Crippen molar-refractivity contribution in [2.75, 3.05) is 18.0 Å². The predicted octanol–water partition coefficient (Wildman–Crippen LogP) is 1.22. The molecule has 0 aliphatic rings. The van der Waals surface area contributed by atoms with Crippen LogP contribution in [0.3, 0.4) is 0 Å².